The zero-order valence-electron chi connectivity index (χ0n) is 16.2. The van der Waals surface area contributed by atoms with Gasteiger partial charge in [0.1, 0.15) is 10.7 Å². The lowest BCUT2D eigenvalue weighted by atomic mass is 10.1. The first-order valence-electron chi connectivity index (χ1n) is 9.60. The predicted octanol–water partition coefficient (Wildman–Crippen LogP) is 1.21. The summed E-state index contributed by atoms with van der Waals surface area (Å²) in [5.74, 6) is 0. The van der Waals surface area contributed by atoms with Gasteiger partial charge in [0.2, 0.25) is 0 Å². The molecule has 4 heterocycles. The molecule has 6 nitrogen and oxygen atoms in total. The number of ether oxygens (including phenoxy) is 1. The summed E-state index contributed by atoms with van der Waals surface area (Å²) in [5.41, 5.74) is 2.18. The highest BCUT2D eigenvalue weighted by molar-refractivity contribution is 7.16. The number of hydrogen-bond donors (Lipinski definition) is 1. The van der Waals surface area contributed by atoms with Gasteiger partial charge in [0.15, 0.2) is 0 Å². The second-order valence-corrected chi connectivity index (χ2v) is 8.26. The minimum Gasteiger partial charge on any atom is -0.382 e. The van der Waals surface area contributed by atoms with E-state index in [4.69, 9.17) is 14.7 Å². The van der Waals surface area contributed by atoms with Crippen LogP contribution in [0.25, 0.3) is 11.9 Å². The topological polar surface area (TPSA) is 53.5 Å². The van der Waals surface area contributed by atoms with Crippen LogP contribution in [0.5, 0.6) is 0 Å². The molecule has 0 aliphatic carbocycles. The third-order valence-electron chi connectivity index (χ3n) is 5.27. The van der Waals surface area contributed by atoms with Crippen LogP contribution in [0.3, 0.4) is 0 Å². The largest absolute Gasteiger partial charge is 0.382 e. The number of likely N-dealkylation sites (N-methyl/N-ethyl adjacent to an activating group) is 1. The molecule has 27 heavy (non-hydrogen) atoms. The van der Waals surface area contributed by atoms with Gasteiger partial charge in [-0.25, -0.2) is 4.98 Å². The van der Waals surface area contributed by atoms with Crippen LogP contribution in [0.4, 0.5) is 5.00 Å². The van der Waals surface area contributed by atoms with E-state index in [0.717, 1.165) is 71.2 Å². The van der Waals surface area contributed by atoms with Crippen molar-refractivity contribution in [3.8, 4) is 0 Å². The molecule has 2 aromatic rings. The number of fused-ring (bicyclic) bond motifs is 2. The minimum absolute atomic E-state index is 0.466. The number of pyridine rings is 1. The Hall–Kier alpha value is -1.96. The molecular formula is C20H27N5OS. The van der Waals surface area contributed by atoms with E-state index in [2.05, 4.69) is 48.3 Å². The number of nitrogens with one attached hydrogen (secondary N) is 1. The van der Waals surface area contributed by atoms with E-state index in [1.54, 1.807) is 11.3 Å². The first-order valence-corrected chi connectivity index (χ1v) is 10.4. The van der Waals surface area contributed by atoms with Crippen LogP contribution in [0.2, 0.25) is 0 Å². The van der Waals surface area contributed by atoms with E-state index in [9.17, 15) is 0 Å². The Morgan fingerprint density at radius 3 is 3.11 bits per heavy atom. The third-order valence-corrected chi connectivity index (χ3v) is 6.18. The van der Waals surface area contributed by atoms with Crippen LogP contribution in [0, 0.1) is 6.92 Å². The van der Waals surface area contributed by atoms with E-state index >= 15 is 0 Å². The number of rotatable bonds is 5. The smallest absolute Gasteiger partial charge is 0.124 e. The Morgan fingerprint density at radius 2 is 2.26 bits per heavy atom. The molecule has 0 amide bonds. The van der Waals surface area contributed by atoms with Crippen molar-refractivity contribution in [2.24, 2.45) is 0 Å². The summed E-state index contributed by atoms with van der Waals surface area (Å²) in [6, 6.07) is 4.57. The fourth-order valence-corrected chi connectivity index (χ4v) is 4.59. The van der Waals surface area contributed by atoms with Crippen molar-refractivity contribution in [3.05, 3.63) is 39.6 Å². The number of hydrogen-bond acceptors (Lipinski definition) is 7. The van der Waals surface area contributed by atoms with Crippen LogP contribution < -0.4 is 15.9 Å². The molecule has 1 N–H and O–H groups in total. The molecule has 144 valence electrons. The molecule has 1 saturated heterocycles. The standard InChI is InChI=1S/C20H27N5OS/c1-4-26-11-7-16-13-25(10-9-24(16)3)19-17-15(6-5-8-21-17)12-22-20-18(19)23-14(2)27-20/h5-6,8,12,16,22H,4,7,9-11,13H2,1-3H3. The summed E-state index contributed by atoms with van der Waals surface area (Å²) in [5, 5.41) is 7.74. The van der Waals surface area contributed by atoms with Gasteiger partial charge in [-0.05, 0) is 39.4 Å². The van der Waals surface area contributed by atoms with Crippen molar-refractivity contribution < 1.29 is 4.74 Å². The predicted molar refractivity (Wildman–Crippen MR) is 110 cm³/mol. The second-order valence-electron chi connectivity index (χ2n) is 7.06. The molecule has 2 aliphatic heterocycles. The van der Waals surface area contributed by atoms with Crippen molar-refractivity contribution in [2.45, 2.75) is 26.3 Å². The molecule has 4 rings (SSSR count). The Balaban J connectivity index is 1.75. The average Bonchev–Trinajstić information content (AvgIpc) is 2.96. The summed E-state index contributed by atoms with van der Waals surface area (Å²) < 4.78 is 5.61. The van der Waals surface area contributed by atoms with E-state index in [1.807, 2.05) is 12.3 Å². The number of piperazine rings is 1. The lowest BCUT2D eigenvalue weighted by Gasteiger charge is -2.41. The highest BCUT2D eigenvalue weighted by Gasteiger charge is 2.29. The molecule has 0 saturated carbocycles. The van der Waals surface area contributed by atoms with Gasteiger partial charge >= 0.3 is 0 Å². The molecule has 2 aromatic heterocycles. The van der Waals surface area contributed by atoms with Crippen molar-refractivity contribution in [2.75, 3.05) is 45.2 Å². The summed E-state index contributed by atoms with van der Waals surface area (Å²) in [7, 11) is 2.21. The first kappa shape index (κ1) is 18.4. The molecule has 1 fully saturated rings. The van der Waals surface area contributed by atoms with E-state index in [1.165, 1.54) is 0 Å². The van der Waals surface area contributed by atoms with Crippen LogP contribution in [-0.4, -0.2) is 65.7 Å². The number of thiazole rings is 1. The minimum atomic E-state index is 0.466. The molecule has 7 heteroatoms. The lowest BCUT2D eigenvalue weighted by Crippen LogP contribution is -2.52. The van der Waals surface area contributed by atoms with Gasteiger partial charge in [0.25, 0.3) is 0 Å². The molecular weight excluding hydrogens is 358 g/mol. The van der Waals surface area contributed by atoms with Crippen molar-refractivity contribution in [1.29, 1.82) is 0 Å². The van der Waals surface area contributed by atoms with Crippen LogP contribution in [0.15, 0.2) is 18.3 Å². The maximum absolute atomic E-state index is 5.61. The van der Waals surface area contributed by atoms with Gasteiger partial charge in [-0.2, -0.15) is 0 Å². The first-order chi connectivity index (χ1) is 13.2. The Morgan fingerprint density at radius 1 is 1.37 bits per heavy atom. The number of nitrogens with zero attached hydrogens (tertiary/aromatic N) is 4. The highest BCUT2D eigenvalue weighted by Crippen LogP contribution is 2.32. The molecule has 0 radical (unpaired) electrons. The van der Waals surface area contributed by atoms with Gasteiger partial charge < -0.3 is 15.0 Å². The molecule has 0 spiro atoms. The van der Waals surface area contributed by atoms with E-state index in [-0.39, 0.29) is 0 Å². The van der Waals surface area contributed by atoms with Gasteiger partial charge in [0, 0.05) is 56.5 Å². The summed E-state index contributed by atoms with van der Waals surface area (Å²) in [6.07, 6.45) is 4.96. The summed E-state index contributed by atoms with van der Waals surface area (Å²) in [4.78, 5) is 14.5. The van der Waals surface area contributed by atoms with E-state index < -0.39 is 0 Å². The lowest BCUT2D eigenvalue weighted by molar-refractivity contribution is 0.0812. The zero-order valence-corrected chi connectivity index (χ0v) is 17.1. The van der Waals surface area contributed by atoms with Crippen molar-refractivity contribution in [1.82, 2.24) is 19.8 Å². The molecule has 1 unspecified atom stereocenters. The molecule has 1 atom stereocenters. The van der Waals surface area contributed by atoms with Crippen molar-refractivity contribution >= 4 is 28.2 Å². The molecule has 2 aliphatic rings. The van der Waals surface area contributed by atoms with Crippen LogP contribution >= 0.6 is 11.3 Å². The fraction of sp³-hybridized carbons (Fsp3) is 0.500. The SMILES string of the molecule is CCOCCC1CN(C2=c3ncccc3=CNc3sc(C)nc32)CCN1C. The molecule has 0 bridgehead atoms. The quantitative estimate of drug-likeness (QED) is 0.781. The third kappa shape index (κ3) is 3.72. The maximum atomic E-state index is 5.61. The second kappa shape index (κ2) is 7.96. The number of aromatic nitrogens is 2. The summed E-state index contributed by atoms with van der Waals surface area (Å²) >= 11 is 1.70. The Kier molecular flexibility index (Phi) is 5.43. The van der Waals surface area contributed by atoms with E-state index in [0.29, 0.717) is 6.04 Å². The monoisotopic (exact) mass is 385 g/mol. The van der Waals surface area contributed by atoms with Crippen LogP contribution in [-0.2, 0) is 4.74 Å². The summed E-state index contributed by atoms with van der Waals surface area (Å²) in [6.45, 7) is 8.66. The van der Waals surface area contributed by atoms with Crippen molar-refractivity contribution in [3.63, 3.8) is 0 Å². The number of anilines is 1. The average molecular weight is 386 g/mol. The molecule has 0 aromatic carbocycles. The maximum Gasteiger partial charge on any atom is 0.124 e. The zero-order chi connectivity index (χ0) is 18.8. The van der Waals surface area contributed by atoms with Crippen LogP contribution in [0.1, 0.15) is 24.0 Å². The Bertz CT molecular complexity index is 925. The van der Waals surface area contributed by atoms with Gasteiger partial charge in [-0.15, -0.1) is 11.3 Å². The highest BCUT2D eigenvalue weighted by atomic mass is 32.1. The normalized spacial score (nSPS) is 19.7. The Labute approximate surface area is 164 Å². The van der Waals surface area contributed by atoms with Gasteiger partial charge in [0.05, 0.1) is 16.1 Å². The van der Waals surface area contributed by atoms with Gasteiger partial charge in [-0.3, -0.25) is 9.88 Å². The van der Waals surface area contributed by atoms with Gasteiger partial charge in [-0.1, -0.05) is 0 Å². The number of aryl methyl sites for hydroxylation is 1. The fourth-order valence-electron chi connectivity index (χ4n) is 3.80.